The molecule has 0 atom stereocenters. The fraction of sp³-hybridized carbons (Fsp3) is 0.308. The largest absolute Gasteiger partial charge is 0.375 e. The molecular weight excluding hydrogens is 246 g/mol. The molecule has 0 saturated carbocycles. The third kappa shape index (κ3) is 2.92. The highest BCUT2D eigenvalue weighted by atomic mass is 32.1. The maximum atomic E-state index is 11.5. The smallest absolute Gasteiger partial charge is 0.164 e. The van der Waals surface area contributed by atoms with Crippen LogP contribution in [0.1, 0.15) is 28.5 Å². The second-order valence-electron chi connectivity index (χ2n) is 4.06. The van der Waals surface area contributed by atoms with Gasteiger partial charge in [-0.25, -0.2) is 0 Å². The van der Waals surface area contributed by atoms with Gasteiger partial charge in [0.2, 0.25) is 0 Å². The second-order valence-corrected chi connectivity index (χ2v) is 4.83. The van der Waals surface area contributed by atoms with Crippen molar-refractivity contribution in [3.8, 4) is 0 Å². The standard InChI is InChI=1S/C13H15N3OS/c1-9-12(10(2)17)13(18-16-9)15-8-5-11-3-6-14-7-4-11/h3-4,6-7,15H,5,8H2,1-2H3. The average Bonchev–Trinajstić information content (AvgIpc) is 2.72. The average molecular weight is 261 g/mol. The second kappa shape index (κ2) is 5.73. The van der Waals surface area contributed by atoms with E-state index in [-0.39, 0.29) is 5.78 Å². The van der Waals surface area contributed by atoms with Crippen molar-refractivity contribution in [2.45, 2.75) is 20.3 Å². The van der Waals surface area contributed by atoms with Crippen molar-refractivity contribution in [3.63, 3.8) is 0 Å². The summed E-state index contributed by atoms with van der Waals surface area (Å²) in [5.74, 6) is 0.0626. The molecule has 4 nitrogen and oxygen atoms in total. The van der Waals surface area contributed by atoms with E-state index < -0.39 is 0 Å². The Bertz CT molecular complexity index is 536. The molecule has 18 heavy (non-hydrogen) atoms. The van der Waals surface area contributed by atoms with Crippen LogP contribution >= 0.6 is 11.5 Å². The molecule has 0 amide bonds. The van der Waals surface area contributed by atoms with Crippen LogP contribution in [-0.2, 0) is 6.42 Å². The summed E-state index contributed by atoms with van der Waals surface area (Å²) in [6.07, 6.45) is 4.47. The van der Waals surface area contributed by atoms with E-state index in [1.165, 1.54) is 17.1 Å². The Morgan fingerprint density at radius 1 is 1.39 bits per heavy atom. The summed E-state index contributed by atoms with van der Waals surface area (Å²) in [4.78, 5) is 15.5. The van der Waals surface area contributed by atoms with Gasteiger partial charge in [-0.1, -0.05) is 0 Å². The molecular formula is C13H15N3OS. The number of aromatic nitrogens is 2. The van der Waals surface area contributed by atoms with E-state index in [2.05, 4.69) is 14.7 Å². The molecule has 0 unspecified atom stereocenters. The molecule has 0 saturated heterocycles. The van der Waals surface area contributed by atoms with Crippen molar-refractivity contribution >= 4 is 22.3 Å². The van der Waals surface area contributed by atoms with Crippen molar-refractivity contribution in [3.05, 3.63) is 41.3 Å². The lowest BCUT2D eigenvalue weighted by Gasteiger charge is -2.05. The number of carbonyl (C=O) groups excluding carboxylic acids is 1. The van der Waals surface area contributed by atoms with Crippen LogP contribution in [0.15, 0.2) is 24.5 Å². The molecule has 0 fully saturated rings. The Morgan fingerprint density at radius 3 is 2.78 bits per heavy atom. The first-order chi connectivity index (χ1) is 8.68. The summed E-state index contributed by atoms with van der Waals surface area (Å²) in [6.45, 7) is 4.22. The molecule has 0 aliphatic rings. The molecule has 94 valence electrons. The Kier molecular flexibility index (Phi) is 4.04. The van der Waals surface area contributed by atoms with Gasteiger partial charge in [-0.3, -0.25) is 9.78 Å². The van der Waals surface area contributed by atoms with Crippen LogP contribution < -0.4 is 5.32 Å². The summed E-state index contributed by atoms with van der Waals surface area (Å²) in [5.41, 5.74) is 2.75. The van der Waals surface area contributed by atoms with Crippen molar-refractivity contribution in [1.29, 1.82) is 0 Å². The van der Waals surface area contributed by atoms with Crippen LogP contribution in [0.2, 0.25) is 0 Å². The SMILES string of the molecule is CC(=O)c1c(C)nsc1NCCc1ccncc1. The predicted molar refractivity (Wildman–Crippen MR) is 73.3 cm³/mol. The van der Waals surface area contributed by atoms with Gasteiger partial charge in [-0.2, -0.15) is 4.37 Å². The fourth-order valence-corrected chi connectivity index (χ4v) is 2.64. The van der Waals surface area contributed by atoms with E-state index in [4.69, 9.17) is 0 Å². The van der Waals surface area contributed by atoms with Gasteiger partial charge in [0.1, 0.15) is 5.00 Å². The molecule has 0 aliphatic carbocycles. The summed E-state index contributed by atoms with van der Waals surface area (Å²) in [7, 11) is 0. The Hall–Kier alpha value is -1.75. The number of pyridine rings is 1. The minimum absolute atomic E-state index is 0.0626. The van der Waals surface area contributed by atoms with E-state index in [0.29, 0.717) is 0 Å². The van der Waals surface area contributed by atoms with Gasteiger partial charge < -0.3 is 5.32 Å². The fourth-order valence-electron chi connectivity index (χ4n) is 1.77. The summed E-state index contributed by atoms with van der Waals surface area (Å²) in [5, 5.41) is 4.15. The third-order valence-corrected chi connectivity index (χ3v) is 3.56. The van der Waals surface area contributed by atoms with Crippen molar-refractivity contribution < 1.29 is 4.79 Å². The zero-order valence-corrected chi connectivity index (χ0v) is 11.3. The first-order valence-corrected chi connectivity index (χ1v) is 6.56. The highest BCUT2D eigenvalue weighted by Crippen LogP contribution is 2.24. The van der Waals surface area contributed by atoms with Gasteiger partial charge in [0.05, 0.1) is 11.3 Å². The lowest BCUT2D eigenvalue weighted by atomic mass is 10.1. The minimum atomic E-state index is 0.0626. The van der Waals surface area contributed by atoms with E-state index in [1.807, 2.05) is 19.1 Å². The van der Waals surface area contributed by atoms with Gasteiger partial charge in [-0.15, -0.1) is 0 Å². The number of rotatable bonds is 5. The molecule has 0 spiro atoms. The molecule has 0 bridgehead atoms. The van der Waals surface area contributed by atoms with Gasteiger partial charge in [0.25, 0.3) is 0 Å². The van der Waals surface area contributed by atoms with Crippen LogP contribution in [0, 0.1) is 6.92 Å². The Morgan fingerprint density at radius 2 is 2.11 bits per heavy atom. The number of carbonyl (C=O) groups is 1. The third-order valence-electron chi connectivity index (χ3n) is 2.66. The topological polar surface area (TPSA) is 54.9 Å². The van der Waals surface area contributed by atoms with Crippen LogP contribution in [0.3, 0.4) is 0 Å². The molecule has 2 heterocycles. The summed E-state index contributed by atoms with van der Waals surface area (Å²) < 4.78 is 4.21. The van der Waals surface area contributed by atoms with Crippen molar-refractivity contribution in [2.24, 2.45) is 0 Å². The zero-order chi connectivity index (χ0) is 13.0. The summed E-state index contributed by atoms with van der Waals surface area (Å²) >= 11 is 1.35. The Labute approximate surface area is 110 Å². The van der Waals surface area contributed by atoms with Crippen LogP contribution in [0.4, 0.5) is 5.00 Å². The highest BCUT2D eigenvalue weighted by Gasteiger charge is 2.14. The Balaban J connectivity index is 1.97. The molecule has 2 aromatic rings. The quantitative estimate of drug-likeness (QED) is 0.841. The zero-order valence-electron chi connectivity index (χ0n) is 10.4. The number of aryl methyl sites for hydroxylation is 1. The first kappa shape index (κ1) is 12.7. The summed E-state index contributed by atoms with van der Waals surface area (Å²) in [6, 6.07) is 3.98. The molecule has 0 aromatic carbocycles. The number of nitrogens with zero attached hydrogens (tertiary/aromatic N) is 2. The maximum absolute atomic E-state index is 11.5. The number of ketones is 1. The van der Waals surface area contributed by atoms with Gasteiger partial charge in [0.15, 0.2) is 5.78 Å². The molecule has 0 aliphatic heterocycles. The molecule has 5 heteroatoms. The molecule has 0 radical (unpaired) electrons. The lowest BCUT2D eigenvalue weighted by Crippen LogP contribution is -2.07. The van der Waals surface area contributed by atoms with Gasteiger partial charge >= 0.3 is 0 Å². The highest BCUT2D eigenvalue weighted by molar-refractivity contribution is 7.10. The number of Topliss-reactive ketones (excluding diaryl/α,β-unsaturated/α-hetero) is 1. The van der Waals surface area contributed by atoms with Crippen molar-refractivity contribution in [2.75, 3.05) is 11.9 Å². The number of hydrogen-bond donors (Lipinski definition) is 1. The van der Waals surface area contributed by atoms with E-state index in [1.54, 1.807) is 19.3 Å². The number of anilines is 1. The van der Waals surface area contributed by atoms with Crippen molar-refractivity contribution in [1.82, 2.24) is 9.36 Å². The molecule has 1 N–H and O–H groups in total. The van der Waals surface area contributed by atoms with Crippen LogP contribution in [-0.4, -0.2) is 21.7 Å². The van der Waals surface area contributed by atoms with Crippen LogP contribution in [0.25, 0.3) is 0 Å². The van der Waals surface area contributed by atoms with E-state index >= 15 is 0 Å². The predicted octanol–water partition coefficient (Wildman–Crippen LogP) is 2.70. The number of nitrogens with one attached hydrogen (secondary N) is 1. The molecule has 2 rings (SSSR count). The molecule has 2 aromatic heterocycles. The van der Waals surface area contributed by atoms with Crippen LogP contribution in [0.5, 0.6) is 0 Å². The van der Waals surface area contributed by atoms with Gasteiger partial charge in [0, 0.05) is 18.9 Å². The normalized spacial score (nSPS) is 10.3. The minimum Gasteiger partial charge on any atom is -0.375 e. The van der Waals surface area contributed by atoms with E-state index in [9.17, 15) is 4.79 Å². The first-order valence-electron chi connectivity index (χ1n) is 5.78. The maximum Gasteiger partial charge on any atom is 0.164 e. The van der Waals surface area contributed by atoms with Gasteiger partial charge in [-0.05, 0) is 49.5 Å². The monoisotopic (exact) mass is 261 g/mol. The van der Waals surface area contributed by atoms with E-state index in [0.717, 1.165) is 29.2 Å². The lowest BCUT2D eigenvalue weighted by molar-refractivity contribution is 0.101. The number of hydrogen-bond acceptors (Lipinski definition) is 5.